The Morgan fingerprint density at radius 3 is 2.94 bits per heavy atom. The second-order valence-electron chi connectivity index (χ2n) is 4.60. The second-order valence-corrected chi connectivity index (χ2v) is 5.52. The van der Waals surface area contributed by atoms with Crippen molar-refractivity contribution in [1.29, 1.82) is 0 Å². The van der Waals surface area contributed by atoms with E-state index >= 15 is 0 Å². The molecule has 0 radical (unpaired) electrons. The molecule has 1 aromatic carbocycles. The number of nitrogens with zero attached hydrogens (tertiary/aromatic N) is 1. The number of Topliss-reactive ketones (excluding diaryl/α,β-unsaturated/α-hetero) is 1. The molecule has 4 heteroatoms. The number of benzene rings is 1. The standard InChI is InChI=1S/C13H16BrNO2/c1-15(2)8-9-5-6-17-12-7-10(14)3-4-11(12)13(9)16/h3-4,7,9H,5-6,8H2,1-2H3. The lowest BCUT2D eigenvalue weighted by atomic mass is 9.95. The average Bonchev–Trinajstić information content (AvgIpc) is 2.39. The Morgan fingerprint density at radius 1 is 1.47 bits per heavy atom. The van der Waals surface area contributed by atoms with Crippen molar-refractivity contribution in [1.82, 2.24) is 4.90 Å². The zero-order valence-corrected chi connectivity index (χ0v) is 11.7. The molecule has 3 nitrogen and oxygen atoms in total. The van der Waals surface area contributed by atoms with E-state index in [0.29, 0.717) is 17.9 Å². The van der Waals surface area contributed by atoms with Gasteiger partial charge in [-0.1, -0.05) is 15.9 Å². The van der Waals surface area contributed by atoms with Crippen LogP contribution < -0.4 is 4.74 Å². The first kappa shape index (κ1) is 12.6. The van der Waals surface area contributed by atoms with Gasteiger partial charge in [-0.15, -0.1) is 0 Å². The first-order chi connectivity index (χ1) is 8.08. The molecule has 1 aliphatic rings. The lowest BCUT2D eigenvalue weighted by molar-refractivity contribution is 0.0891. The summed E-state index contributed by atoms with van der Waals surface area (Å²) in [5.41, 5.74) is 0.706. The number of hydrogen-bond donors (Lipinski definition) is 0. The molecule has 1 atom stereocenters. The van der Waals surface area contributed by atoms with Gasteiger partial charge >= 0.3 is 0 Å². The van der Waals surface area contributed by atoms with Crippen LogP contribution in [0.3, 0.4) is 0 Å². The van der Waals surface area contributed by atoms with Crippen molar-refractivity contribution in [2.45, 2.75) is 6.42 Å². The van der Waals surface area contributed by atoms with Gasteiger partial charge in [0.05, 0.1) is 12.2 Å². The zero-order chi connectivity index (χ0) is 12.4. The SMILES string of the molecule is CN(C)CC1CCOc2cc(Br)ccc2C1=O. The van der Waals surface area contributed by atoms with Crippen molar-refractivity contribution >= 4 is 21.7 Å². The van der Waals surface area contributed by atoms with E-state index < -0.39 is 0 Å². The van der Waals surface area contributed by atoms with Gasteiger partial charge in [0.15, 0.2) is 5.78 Å². The number of carbonyl (C=O) groups is 1. The van der Waals surface area contributed by atoms with Gasteiger partial charge < -0.3 is 9.64 Å². The molecule has 0 aliphatic carbocycles. The third kappa shape index (κ3) is 2.87. The summed E-state index contributed by atoms with van der Waals surface area (Å²) in [5.74, 6) is 0.928. The Labute approximate surface area is 110 Å². The maximum absolute atomic E-state index is 12.4. The Hall–Kier alpha value is -0.870. The molecule has 1 heterocycles. The van der Waals surface area contributed by atoms with Gasteiger partial charge in [0.1, 0.15) is 5.75 Å². The fourth-order valence-electron chi connectivity index (χ4n) is 2.10. The van der Waals surface area contributed by atoms with Gasteiger partial charge in [0, 0.05) is 16.9 Å². The van der Waals surface area contributed by atoms with Crippen LogP contribution in [0.15, 0.2) is 22.7 Å². The molecule has 0 spiro atoms. The van der Waals surface area contributed by atoms with E-state index in [9.17, 15) is 4.79 Å². The number of fused-ring (bicyclic) bond motifs is 1. The van der Waals surface area contributed by atoms with E-state index in [1.165, 1.54) is 0 Å². The molecule has 1 aliphatic heterocycles. The van der Waals surface area contributed by atoms with E-state index in [0.717, 1.165) is 17.4 Å². The summed E-state index contributed by atoms with van der Waals surface area (Å²) in [6, 6.07) is 5.60. The van der Waals surface area contributed by atoms with Crippen LogP contribution in [0.25, 0.3) is 0 Å². The molecule has 0 aromatic heterocycles. The van der Waals surface area contributed by atoms with Crippen molar-refractivity contribution < 1.29 is 9.53 Å². The first-order valence-electron chi connectivity index (χ1n) is 5.69. The van der Waals surface area contributed by atoms with Gasteiger partial charge in [-0.25, -0.2) is 0 Å². The minimum Gasteiger partial charge on any atom is -0.493 e. The number of ketones is 1. The minimum atomic E-state index is 0.0347. The van der Waals surface area contributed by atoms with Gasteiger partial charge in [-0.2, -0.15) is 0 Å². The number of halogens is 1. The largest absolute Gasteiger partial charge is 0.493 e. The van der Waals surface area contributed by atoms with Crippen LogP contribution in [0, 0.1) is 5.92 Å². The summed E-state index contributed by atoms with van der Waals surface area (Å²) in [5, 5.41) is 0. The first-order valence-corrected chi connectivity index (χ1v) is 6.48. The fourth-order valence-corrected chi connectivity index (χ4v) is 2.44. The van der Waals surface area contributed by atoms with Crippen LogP contribution in [0.2, 0.25) is 0 Å². The molecule has 0 fully saturated rings. The van der Waals surface area contributed by atoms with Gasteiger partial charge in [-0.3, -0.25) is 4.79 Å². The molecule has 1 unspecified atom stereocenters. The highest BCUT2D eigenvalue weighted by molar-refractivity contribution is 9.10. The summed E-state index contributed by atoms with van der Waals surface area (Å²) in [6.07, 6.45) is 0.781. The quantitative estimate of drug-likeness (QED) is 0.840. The van der Waals surface area contributed by atoms with Gasteiger partial charge in [-0.05, 0) is 38.7 Å². The molecular formula is C13H16BrNO2. The number of ether oxygens (including phenoxy) is 1. The predicted octanol–water partition coefficient (Wildman–Crippen LogP) is 2.59. The maximum atomic E-state index is 12.4. The highest BCUT2D eigenvalue weighted by Gasteiger charge is 2.26. The fraction of sp³-hybridized carbons (Fsp3) is 0.462. The maximum Gasteiger partial charge on any atom is 0.171 e. The molecular weight excluding hydrogens is 282 g/mol. The molecule has 92 valence electrons. The summed E-state index contributed by atoms with van der Waals surface area (Å²) >= 11 is 3.39. The van der Waals surface area contributed by atoms with Crippen LogP contribution in [-0.2, 0) is 0 Å². The van der Waals surface area contributed by atoms with Gasteiger partial charge in [0.2, 0.25) is 0 Å². The van der Waals surface area contributed by atoms with Crippen molar-refractivity contribution in [2.24, 2.45) is 5.92 Å². The van der Waals surface area contributed by atoms with Crippen molar-refractivity contribution in [3.63, 3.8) is 0 Å². The van der Waals surface area contributed by atoms with E-state index in [4.69, 9.17) is 4.74 Å². The van der Waals surface area contributed by atoms with Crippen LogP contribution in [0.5, 0.6) is 5.75 Å². The zero-order valence-electron chi connectivity index (χ0n) is 10.1. The van der Waals surface area contributed by atoms with E-state index in [1.54, 1.807) is 0 Å². The lowest BCUT2D eigenvalue weighted by Crippen LogP contribution is -2.27. The molecule has 17 heavy (non-hydrogen) atoms. The number of rotatable bonds is 2. The molecule has 0 saturated carbocycles. The molecule has 2 rings (SSSR count). The van der Waals surface area contributed by atoms with Crippen LogP contribution in [0.4, 0.5) is 0 Å². The van der Waals surface area contributed by atoms with Gasteiger partial charge in [0.25, 0.3) is 0 Å². The van der Waals surface area contributed by atoms with E-state index in [-0.39, 0.29) is 11.7 Å². The topological polar surface area (TPSA) is 29.5 Å². The van der Waals surface area contributed by atoms with Crippen molar-refractivity contribution in [3.05, 3.63) is 28.2 Å². The van der Waals surface area contributed by atoms with Crippen LogP contribution in [0.1, 0.15) is 16.8 Å². The molecule has 0 bridgehead atoms. The number of carbonyl (C=O) groups excluding carboxylic acids is 1. The smallest absolute Gasteiger partial charge is 0.171 e. The molecule has 0 N–H and O–H groups in total. The minimum absolute atomic E-state index is 0.0347. The summed E-state index contributed by atoms with van der Waals surface area (Å²) in [7, 11) is 3.98. The summed E-state index contributed by atoms with van der Waals surface area (Å²) < 4.78 is 6.58. The summed E-state index contributed by atoms with van der Waals surface area (Å²) in [4.78, 5) is 14.4. The third-order valence-electron chi connectivity index (χ3n) is 2.89. The Morgan fingerprint density at radius 2 is 2.24 bits per heavy atom. The number of hydrogen-bond acceptors (Lipinski definition) is 3. The molecule has 0 saturated heterocycles. The van der Waals surface area contributed by atoms with E-state index in [1.807, 2.05) is 37.2 Å². The predicted molar refractivity (Wildman–Crippen MR) is 70.6 cm³/mol. The monoisotopic (exact) mass is 297 g/mol. The van der Waals surface area contributed by atoms with Crippen LogP contribution in [-0.4, -0.2) is 37.9 Å². The normalized spacial score (nSPS) is 19.8. The second kappa shape index (κ2) is 5.19. The Bertz CT molecular complexity index is 431. The Kier molecular flexibility index (Phi) is 3.84. The van der Waals surface area contributed by atoms with Crippen molar-refractivity contribution in [2.75, 3.05) is 27.2 Å². The lowest BCUT2D eigenvalue weighted by Gasteiger charge is -2.17. The van der Waals surface area contributed by atoms with Crippen molar-refractivity contribution in [3.8, 4) is 5.75 Å². The average molecular weight is 298 g/mol. The molecule has 0 amide bonds. The summed E-state index contributed by atoms with van der Waals surface area (Å²) in [6.45, 7) is 1.38. The van der Waals surface area contributed by atoms with Crippen LogP contribution >= 0.6 is 15.9 Å². The molecule has 1 aromatic rings. The third-order valence-corrected chi connectivity index (χ3v) is 3.38. The Balaban J connectivity index is 2.30. The van der Waals surface area contributed by atoms with E-state index in [2.05, 4.69) is 15.9 Å². The highest BCUT2D eigenvalue weighted by atomic mass is 79.9. The highest BCUT2D eigenvalue weighted by Crippen LogP contribution is 2.29.